The second-order valence-corrected chi connectivity index (χ2v) is 5.21. The quantitative estimate of drug-likeness (QED) is 0.808. The minimum atomic E-state index is -1.04. The molecule has 0 aliphatic carbocycles. The molecule has 0 aliphatic rings. The molecule has 2 aromatic rings. The van der Waals surface area contributed by atoms with Crippen molar-refractivity contribution in [1.82, 2.24) is 10.3 Å². The molecule has 0 aliphatic heterocycles. The fourth-order valence-corrected chi connectivity index (χ4v) is 3.24. The molecule has 18 heavy (non-hydrogen) atoms. The first-order valence-electron chi connectivity index (χ1n) is 5.04. The first-order valence-corrected chi connectivity index (χ1v) is 6.71. The molecular weight excluding hydrogens is 318 g/mol. The number of fused-ring (bicyclic) bond motifs is 1. The van der Waals surface area contributed by atoms with Crippen LogP contribution in [0.2, 0.25) is 0 Å². The highest BCUT2D eigenvalue weighted by Gasteiger charge is 2.09. The molecule has 0 bridgehead atoms. The number of pyridine rings is 1. The smallest absolute Gasteiger partial charge is 0.404 e. The standard InChI is InChI=1S/C11H10BrN3O2S/c12-7-5-18-9-6(2-1-3-14-11(16)17)4-15-10(13)8(7)9/h1-2,4-5,14H,3H2,(H2,13,15)(H,16,17)/b2-1+. The Balaban J connectivity index is 2.29. The van der Waals surface area contributed by atoms with Crippen LogP contribution in [0.1, 0.15) is 5.56 Å². The van der Waals surface area contributed by atoms with Crippen LogP contribution in [0.3, 0.4) is 0 Å². The summed E-state index contributed by atoms with van der Waals surface area (Å²) >= 11 is 4.99. The van der Waals surface area contributed by atoms with Gasteiger partial charge in [0.25, 0.3) is 0 Å². The Kier molecular flexibility index (Phi) is 3.83. The number of anilines is 1. The van der Waals surface area contributed by atoms with Gasteiger partial charge in [-0.05, 0) is 15.9 Å². The van der Waals surface area contributed by atoms with E-state index < -0.39 is 6.09 Å². The van der Waals surface area contributed by atoms with Gasteiger partial charge in [-0.1, -0.05) is 12.2 Å². The molecule has 0 fully saturated rings. The molecule has 0 atom stereocenters. The number of thiophene rings is 1. The Morgan fingerprint density at radius 1 is 1.67 bits per heavy atom. The number of hydrogen-bond acceptors (Lipinski definition) is 4. The Morgan fingerprint density at radius 3 is 3.17 bits per heavy atom. The number of nitrogens with one attached hydrogen (secondary N) is 1. The van der Waals surface area contributed by atoms with E-state index in [0.717, 1.165) is 20.1 Å². The van der Waals surface area contributed by atoms with E-state index in [1.165, 1.54) is 0 Å². The van der Waals surface area contributed by atoms with Crippen LogP contribution >= 0.6 is 27.3 Å². The Bertz CT molecular complexity index is 624. The van der Waals surface area contributed by atoms with Crippen molar-refractivity contribution in [3.05, 3.63) is 27.7 Å². The fourth-order valence-electron chi connectivity index (χ4n) is 1.50. The summed E-state index contributed by atoms with van der Waals surface area (Å²) in [6, 6.07) is 0. The van der Waals surface area contributed by atoms with Crippen molar-refractivity contribution in [2.24, 2.45) is 0 Å². The number of nitrogen functional groups attached to an aromatic ring is 1. The normalized spacial score (nSPS) is 11.2. The van der Waals surface area contributed by atoms with Crippen molar-refractivity contribution in [2.45, 2.75) is 0 Å². The summed E-state index contributed by atoms with van der Waals surface area (Å²) in [7, 11) is 0. The zero-order valence-electron chi connectivity index (χ0n) is 9.18. The second kappa shape index (κ2) is 5.36. The maximum atomic E-state index is 10.3. The molecule has 0 aromatic carbocycles. The number of carboxylic acid groups (broad SMARTS) is 1. The Morgan fingerprint density at radius 2 is 2.44 bits per heavy atom. The molecule has 4 N–H and O–H groups in total. The van der Waals surface area contributed by atoms with Gasteiger partial charge < -0.3 is 16.2 Å². The highest BCUT2D eigenvalue weighted by molar-refractivity contribution is 9.10. The van der Waals surface area contributed by atoms with Crippen LogP contribution in [0.15, 0.2) is 22.1 Å². The van der Waals surface area contributed by atoms with Gasteiger partial charge in [0.2, 0.25) is 0 Å². The molecule has 94 valence electrons. The van der Waals surface area contributed by atoms with Crippen molar-refractivity contribution in [2.75, 3.05) is 12.3 Å². The van der Waals surface area contributed by atoms with Crippen LogP contribution in [0.4, 0.5) is 10.6 Å². The Labute approximate surface area is 115 Å². The molecule has 0 saturated carbocycles. The largest absolute Gasteiger partial charge is 0.465 e. The summed E-state index contributed by atoms with van der Waals surface area (Å²) in [5.74, 6) is 0.485. The lowest BCUT2D eigenvalue weighted by Crippen LogP contribution is -2.20. The highest BCUT2D eigenvalue weighted by atomic mass is 79.9. The molecular formula is C11H10BrN3O2S. The maximum Gasteiger partial charge on any atom is 0.404 e. The van der Waals surface area contributed by atoms with E-state index in [0.29, 0.717) is 5.82 Å². The van der Waals surface area contributed by atoms with E-state index >= 15 is 0 Å². The van der Waals surface area contributed by atoms with E-state index in [1.54, 1.807) is 23.6 Å². The zero-order chi connectivity index (χ0) is 13.1. The van der Waals surface area contributed by atoms with Crippen molar-refractivity contribution in [1.29, 1.82) is 0 Å². The third kappa shape index (κ3) is 2.62. The van der Waals surface area contributed by atoms with Crippen molar-refractivity contribution >= 4 is 55.3 Å². The van der Waals surface area contributed by atoms with Crippen LogP contribution in [0, 0.1) is 0 Å². The Hall–Kier alpha value is -1.60. The molecule has 2 rings (SSSR count). The van der Waals surface area contributed by atoms with E-state index in [2.05, 4.69) is 26.2 Å². The first-order chi connectivity index (χ1) is 8.59. The lowest BCUT2D eigenvalue weighted by atomic mass is 10.2. The number of rotatable bonds is 3. The van der Waals surface area contributed by atoms with Crippen LogP contribution in [0.25, 0.3) is 16.2 Å². The van der Waals surface area contributed by atoms with Gasteiger partial charge in [0.1, 0.15) is 5.82 Å². The maximum absolute atomic E-state index is 10.3. The monoisotopic (exact) mass is 327 g/mol. The summed E-state index contributed by atoms with van der Waals surface area (Å²) < 4.78 is 1.95. The topological polar surface area (TPSA) is 88.2 Å². The molecule has 1 amide bonds. The van der Waals surface area contributed by atoms with Crippen LogP contribution < -0.4 is 11.1 Å². The van der Waals surface area contributed by atoms with Crippen LogP contribution in [-0.2, 0) is 0 Å². The molecule has 0 radical (unpaired) electrons. The average Bonchev–Trinajstić information content (AvgIpc) is 2.70. The van der Waals surface area contributed by atoms with Gasteiger partial charge in [-0.15, -0.1) is 11.3 Å². The molecule has 0 saturated heterocycles. The lowest BCUT2D eigenvalue weighted by Gasteiger charge is -2.00. The molecule has 0 unspecified atom stereocenters. The average molecular weight is 328 g/mol. The van der Waals surface area contributed by atoms with E-state index in [1.807, 2.05) is 11.5 Å². The van der Waals surface area contributed by atoms with Crippen LogP contribution in [0.5, 0.6) is 0 Å². The van der Waals surface area contributed by atoms with Gasteiger partial charge in [-0.25, -0.2) is 9.78 Å². The van der Waals surface area contributed by atoms with Crippen molar-refractivity contribution in [3.63, 3.8) is 0 Å². The molecule has 7 heteroatoms. The predicted octanol–water partition coefficient (Wildman–Crippen LogP) is 2.92. The minimum Gasteiger partial charge on any atom is -0.465 e. The molecule has 2 aromatic heterocycles. The second-order valence-electron chi connectivity index (χ2n) is 3.47. The highest BCUT2D eigenvalue weighted by Crippen LogP contribution is 2.35. The number of nitrogens with two attached hydrogens (primary N) is 1. The number of halogens is 1. The van der Waals surface area contributed by atoms with Gasteiger partial charge in [-0.3, -0.25) is 0 Å². The van der Waals surface area contributed by atoms with Gasteiger partial charge in [-0.2, -0.15) is 0 Å². The van der Waals surface area contributed by atoms with Gasteiger partial charge in [0.15, 0.2) is 0 Å². The number of nitrogens with zero attached hydrogens (tertiary/aromatic N) is 1. The summed E-state index contributed by atoms with van der Waals surface area (Å²) in [4.78, 5) is 14.4. The summed E-state index contributed by atoms with van der Waals surface area (Å²) in [5.41, 5.74) is 6.73. The van der Waals surface area contributed by atoms with Gasteiger partial charge >= 0.3 is 6.09 Å². The molecule has 0 spiro atoms. The van der Waals surface area contributed by atoms with Gasteiger partial charge in [0.05, 0.1) is 0 Å². The number of aromatic nitrogens is 1. The number of hydrogen-bond donors (Lipinski definition) is 3. The predicted molar refractivity (Wildman–Crippen MR) is 76.8 cm³/mol. The van der Waals surface area contributed by atoms with Crippen molar-refractivity contribution < 1.29 is 9.90 Å². The summed E-state index contributed by atoms with van der Waals surface area (Å²) in [6.45, 7) is 0.258. The molecule has 2 heterocycles. The summed E-state index contributed by atoms with van der Waals surface area (Å²) in [5, 5.41) is 13.6. The molecule has 5 nitrogen and oxygen atoms in total. The van der Waals surface area contributed by atoms with Crippen LogP contribution in [-0.4, -0.2) is 22.7 Å². The van der Waals surface area contributed by atoms with Gasteiger partial charge in [0, 0.05) is 38.2 Å². The van der Waals surface area contributed by atoms with E-state index in [9.17, 15) is 4.79 Å². The third-order valence-electron chi connectivity index (χ3n) is 2.28. The van der Waals surface area contributed by atoms with E-state index in [4.69, 9.17) is 10.8 Å². The number of carbonyl (C=O) groups is 1. The van der Waals surface area contributed by atoms with Crippen molar-refractivity contribution in [3.8, 4) is 0 Å². The SMILES string of the molecule is Nc1ncc(/C=C/CNC(=O)O)c2scc(Br)c12. The zero-order valence-corrected chi connectivity index (χ0v) is 11.6. The van der Waals surface area contributed by atoms with E-state index in [-0.39, 0.29) is 6.54 Å². The third-order valence-corrected chi connectivity index (χ3v) is 4.23. The number of amides is 1. The first kappa shape index (κ1) is 12.8. The fraction of sp³-hybridized carbons (Fsp3) is 0.0909. The summed E-state index contributed by atoms with van der Waals surface area (Å²) in [6.07, 6.45) is 4.19. The minimum absolute atomic E-state index is 0.258. The lowest BCUT2D eigenvalue weighted by molar-refractivity contribution is 0.195.